The Hall–Kier alpha value is -1.87. The third-order valence-electron chi connectivity index (χ3n) is 3.25. The van der Waals surface area contributed by atoms with Crippen molar-refractivity contribution < 1.29 is 5.11 Å². The largest absolute Gasteiger partial charge is 0.508 e. The number of hydrogen-bond donors (Lipinski definition) is 1. The van der Waals surface area contributed by atoms with Gasteiger partial charge in [-0.25, -0.2) is 0 Å². The molecule has 3 rings (SSSR count). The SMILES string of the molecule is Oc1ccccc1CN1C(=S)Cc2ccccc21. The summed E-state index contributed by atoms with van der Waals surface area (Å²) in [5.74, 6) is 0.324. The van der Waals surface area contributed by atoms with Crippen molar-refractivity contribution >= 4 is 22.9 Å². The number of nitrogens with zero attached hydrogens (tertiary/aromatic N) is 1. The topological polar surface area (TPSA) is 23.5 Å². The Morgan fingerprint density at radius 3 is 2.61 bits per heavy atom. The van der Waals surface area contributed by atoms with Crippen molar-refractivity contribution in [2.45, 2.75) is 13.0 Å². The van der Waals surface area contributed by atoms with E-state index in [1.54, 1.807) is 6.07 Å². The molecule has 0 aliphatic carbocycles. The molecular weight excluding hydrogens is 242 g/mol. The first-order valence-corrected chi connectivity index (χ1v) is 6.31. The van der Waals surface area contributed by atoms with E-state index >= 15 is 0 Å². The van der Waals surface area contributed by atoms with Gasteiger partial charge in [-0.1, -0.05) is 48.6 Å². The van der Waals surface area contributed by atoms with E-state index in [0.717, 1.165) is 22.7 Å². The van der Waals surface area contributed by atoms with Crippen LogP contribution in [-0.2, 0) is 13.0 Å². The zero-order valence-electron chi connectivity index (χ0n) is 9.84. The summed E-state index contributed by atoms with van der Waals surface area (Å²) in [6.07, 6.45) is 0.819. The van der Waals surface area contributed by atoms with Crippen molar-refractivity contribution in [1.29, 1.82) is 0 Å². The molecule has 90 valence electrons. The Bertz CT molecular complexity index is 609. The highest BCUT2D eigenvalue weighted by atomic mass is 32.1. The Morgan fingerprint density at radius 2 is 1.78 bits per heavy atom. The predicted octanol–water partition coefficient (Wildman–Crippen LogP) is 3.28. The Labute approximate surface area is 111 Å². The van der Waals surface area contributed by atoms with Crippen molar-refractivity contribution in [1.82, 2.24) is 0 Å². The molecule has 0 bridgehead atoms. The summed E-state index contributed by atoms with van der Waals surface area (Å²) in [5.41, 5.74) is 3.32. The lowest BCUT2D eigenvalue weighted by molar-refractivity contribution is 0.468. The standard InChI is InChI=1S/C15H13NOS/c17-14-8-4-2-6-12(14)10-16-13-7-3-1-5-11(13)9-15(16)18/h1-8,17H,9-10H2. The second-order valence-electron chi connectivity index (χ2n) is 4.41. The molecule has 2 aromatic rings. The first-order valence-electron chi connectivity index (χ1n) is 5.91. The van der Waals surface area contributed by atoms with E-state index in [1.807, 2.05) is 30.3 Å². The zero-order valence-corrected chi connectivity index (χ0v) is 10.7. The van der Waals surface area contributed by atoms with Crippen LogP contribution >= 0.6 is 12.2 Å². The number of phenolic OH excluding ortho intramolecular Hbond substituents is 1. The van der Waals surface area contributed by atoms with Crippen LogP contribution in [0, 0.1) is 0 Å². The molecule has 3 heteroatoms. The molecule has 0 saturated carbocycles. The summed E-state index contributed by atoms with van der Waals surface area (Å²) in [6, 6.07) is 15.6. The highest BCUT2D eigenvalue weighted by Gasteiger charge is 2.24. The monoisotopic (exact) mass is 255 g/mol. The molecule has 1 N–H and O–H groups in total. The van der Waals surface area contributed by atoms with Gasteiger partial charge in [0.2, 0.25) is 0 Å². The number of para-hydroxylation sites is 2. The van der Waals surface area contributed by atoms with Gasteiger partial charge in [0, 0.05) is 17.7 Å². The molecule has 1 aliphatic heterocycles. The quantitative estimate of drug-likeness (QED) is 0.833. The van der Waals surface area contributed by atoms with Crippen LogP contribution in [0.2, 0.25) is 0 Å². The average molecular weight is 255 g/mol. The van der Waals surface area contributed by atoms with Crippen LogP contribution in [0.3, 0.4) is 0 Å². The van der Waals surface area contributed by atoms with Crippen molar-refractivity contribution in [3.8, 4) is 5.75 Å². The lowest BCUT2D eigenvalue weighted by atomic mass is 10.1. The molecule has 1 aliphatic rings. The second-order valence-corrected chi connectivity index (χ2v) is 4.89. The summed E-state index contributed by atoms with van der Waals surface area (Å²) in [6.45, 7) is 0.628. The fraction of sp³-hybridized carbons (Fsp3) is 0.133. The fourth-order valence-corrected chi connectivity index (χ4v) is 2.62. The van der Waals surface area contributed by atoms with Crippen LogP contribution in [0.4, 0.5) is 5.69 Å². The van der Waals surface area contributed by atoms with E-state index in [-0.39, 0.29) is 0 Å². The van der Waals surface area contributed by atoms with Gasteiger partial charge in [-0.3, -0.25) is 0 Å². The lowest BCUT2D eigenvalue weighted by Crippen LogP contribution is -2.24. The van der Waals surface area contributed by atoms with Crippen molar-refractivity contribution in [3.63, 3.8) is 0 Å². The first-order chi connectivity index (χ1) is 8.75. The Morgan fingerprint density at radius 1 is 1.06 bits per heavy atom. The minimum absolute atomic E-state index is 0.324. The number of benzene rings is 2. The van der Waals surface area contributed by atoms with Gasteiger partial charge < -0.3 is 10.0 Å². The number of thiocarbonyl (C=S) groups is 1. The molecule has 0 fully saturated rings. The van der Waals surface area contributed by atoms with E-state index in [9.17, 15) is 5.11 Å². The fourth-order valence-electron chi connectivity index (χ4n) is 2.30. The van der Waals surface area contributed by atoms with E-state index in [2.05, 4.69) is 17.0 Å². The highest BCUT2D eigenvalue weighted by Crippen LogP contribution is 2.31. The molecule has 18 heavy (non-hydrogen) atoms. The number of fused-ring (bicyclic) bond motifs is 1. The normalized spacial score (nSPS) is 13.8. The van der Waals surface area contributed by atoms with Gasteiger partial charge in [0.15, 0.2) is 0 Å². The van der Waals surface area contributed by atoms with Crippen LogP contribution < -0.4 is 4.90 Å². The van der Waals surface area contributed by atoms with Crippen LogP contribution in [0.25, 0.3) is 0 Å². The molecule has 0 atom stereocenters. The maximum absolute atomic E-state index is 9.84. The number of anilines is 1. The lowest BCUT2D eigenvalue weighted by Gasteiger charge is -2.20. The first kappa shape index (κ1) is 11.2. The number of rotatable bonds is 2. The molecule has 0 amide bonds. The van der Waals surface area contributed by atoms with E-state index in [4.69, 9.17) is 12.2 Å². The van der Waals surface area contributed by atoms with Gasteiger partial charge in [0.1, 0.15) is 5.75 Å². The minimum Gasteiger partial charge on any atom is -0.508 e. The summed E-state index contributed by atoms with van der Waals surface area (Å²) in [7, 11) is 0. The van der Waals surface area contributed by atoms with Crippen LogP contribution in [-0.4, -0.2) is 10.1 Å². The van der Waals surface area contributed by atoms with Crippen molar-refractivity contribution in [3.05, 3.63) is 59.7 Å². The van der Waals surface area contributed by atoms with Gasteiger partial charge in [-0.05, 0) is 17.7 Å². The molecule has 2 nitrogen and oxygen atoms in total. The molecular formula is C15H13NOS. The zero-order chi connectivity index (χ0) is 12.5. The van der Waals surface area contributed by atoms with Gasteiger partial charge in [0.25, 0.3) is 0 Å². The third-order valence-corrected chi connectivity index (χ3v) is 3.61. The van der Waals surface area contributed by atoms with Crippen LogP contribution in [0.15, 0.2) is 48.5 Å². The summed E-state index contributed by atoms with van der Waals surface area (Å²) < 4.78 is 0. The van der Waals surface area contributed by atoms with E-state index in [1.165, 1.54) is 5.56 Å². The molecule has 2 aromatic carbocycles. The van der Waals surface area contributed by atoms with Crippen molar-refractivity contribution in [2.75, 3.05) is 4.90 Å². The number of phenols is 1. The van der Waals surface area contributed by atoms with Gasteiger partial charge in [0.05, 0.1) is 11.5 Å². The Balaban J connectivity index is 1.94. The highest BCUT2D eigenvalue weighted by molar-refractivity contribution is 7.80. The molecule has 0 radical (unpaired) electrons. The van der Waals surface area contributed by atoms with E-state index < -0.39 is 0 Å². The van der Waals surface area contributed by atoms with Gasteiger partial charge in [-0.15, -0.1) is 0 Å². The summed E-state index contributed by atoms with van der Waals surface area (Å²) in [5, 5.41) is 9.84. The van der Waals surface area contributed by atoms with Gasteiger partial charge in [-0.2, -0.15) is 0 Å². The van der Waals surface area contributed by atoms with E-state index in [0.29, 0.717) is 12.3 Å². The Kier molecular flexibility index (Phi) is 2.76. The van der Waals surface area contributed by atoms with Crippen LogP contribution in [0.1, 0.15) is 11.1 Å². The molecule has 0 saturated heterocycles. The minimum atomic E-state index is 0.324. The van der Waals surface area contributed by atoms with Gasteiger partial charge >= 0.3 is 0 Å². The maximum Gasteiger partial charge on any atom is 0.120 e. The molecule has 0 unspecified atom stereocenters. The molecule has 0 spiro atoms. The summed E-state index contributed by atoms with van der Waals surface area (Å²) in [4.78, 5) is 3.01. The maximum atomic E-state index is 9.84. The van der Waals surface area contributed by atoms with Crippen LogP contribution in [0.5, 0.6) is 5.75 Å². The smallest absolute Gasteiger partial charge is 0.120 e. The number of hydrogen-bond acceptors (Lipinski definition) is 2. The average Bonchev–Trinajstić information content (AvgIpc) is 2.69. The third kappa shape index (κ3) is 1.87. The molecule has 1 heterocycles. The van der Waals surface area contributed by atoms with Crippen molar-refractivity contribution in [2.24, 2.45) is 0 Å². The number of aromatic hydroxyl groups is 1. The summed E-state index contributed by atoms with van der Waals surface area (Å²) >= 11 is 5.43. The molecule has 0 aromatic heterocycles. The second kappa shape index (κ2) is 4.42. The predicted molar refractivity (Wildman–Crippen MR) is 77.0 cm³/mol.